The molecule has 2 rings (SSSR count). The number of methoxy groups -OCH3 is 1. The summed E-state index contributed by atoms with van der Waals surface area (Å²) < 4.78 is 55.9. The molecule has 0 unspecified atom stereocenters. The Morgan fingerprint density at radius 2 is 1.74 bits per heavy atom. The number of ether oxygens (including phenoxy) is 1. The first kappa shape index (κ1) is 18.3. The van der Waals surface area contributed by atoms with Crippen molar-refractivity contribution < 1.29 is 21.6 Å². The number of nitrogens with one attached hydrogen (secondary N) is 1. The zero-order chi connectivity index (χ0) is 17.6. The first-order chi connectivity index (χ1) is 10.4. The van der Waals surface area contributed by atoms with E-state index in [0.29, 0.717) is 0 Å². The Kier molecular flexibility index (Phi) is 4.64. The van der Waals surface area contributed by atoms with Crippen molar-refractivity contribution in [2.45, 2.75) is 42.7 Å². The topological polar surface area (TPSA) is 116 Å². The van der Waals surface area contributed by atoms with Crippen LogP contribution < -0.4 is 9.86 Å². The number of nitrogens with two attached hydrogens (primary N) is 1. The van der Waals surface area contributed by atoms with Gasteiger partial charge >= 0.3 is 0 Å². The van der Waals surface area contributed by atoms with E-state index in [4.69, 9.17) is 9.88 Å². The molecule has 0 aromatic heterocycles. The van der Waals surface area contributed by atoms with Crippen molar-refractivity contribution in [3.05, 3.63) is 24.3 Å². The van der Waals surface area contributed by atoms with Crippen LogP contribution in [0.1, 0.15) is 20.8 Å². The highest BCUT2D eigenvalue weighted by Crippen LogP contribution is 2.47. The number of benzene rings is 1. The molecule has 1 saturated carbocycles. The fraction of sp³-hybridized carbons (Fsp3) is 0.571. The van der Waals surface area contributed by atoms with Gasteiger partial charge in [-0.1, -0.05) is 26.8 Å². The van der Waals surface area contributed by atoms with Gasteiger partial charge in [-0.05, 0) is 24.1 Å². The van der Waals surface area contributed by atoms with Crippen molar-refractivity contribution in [1.82, 2.24) is 4.72 Å². The van der Waals surface area contributed by atoms with E-state index in [1.54, 1.807) is 7.11 Å². The van der Waals surface area contributed by atoms with E-state index in [9.17, 15) is 16.8 Å². The number of sulfonamides is 2. The SMILES string of the molecule is CO[C@@H]1[C@H](C)[C@H](NS(=O)(=O)c2cccc(S(N)(=O)=O)c2)C1(C)C. The molecule has 1 aliphatic carbocycles. The van der Waals surface area contributed by atoms with E-state index in [-0.39, 0.29) is 33.3 Å². The molecule has 7 nitrogen and oxygen atoms in total. The highest BCUT2D eigenvalue weighted by atomic mass is 32.2. The van der Waals surface area contributed by atoms with Crippen molar-refractivity contribution >= 4 is 20.0 Å². The van der Waals surface area contributed by atoms with E-state index in [0.717, 1.165) is 6.07 Å². The van der Waals surface area contributed by atoms with Gasteiger partial charge in [0.05, 0.1) is 15.9 Å². The summed E-state index contributed by atoms with van der Waals surface area (Å²) in [5.41, 5.74) is -0.362. The Bertz CT molecular complexity index is 802. The molecule has 1 aliphatic rings. The van der Waals surface area contributed by atoms with Crippen molar-refractivity contribution in [2.24, 2.45) is 16.5 Å². The number of hydrogen-bond donors (Lipinski definition) is 2. The molecule has 130 valence electrons. The second-order valence-corrected chi connectivity index (χ2v) is 9.73. The fourth-order valence-corrected chi connectivity index (χ4v) is 5.58. The Morgan fingerprint density at radius 3 is 2.22 bits per heavy atom. The van der Waals surface area contributed by atoms with Crippen LogP contribution in [0.15, 0.2) is 34.1 Å². The van der Waals surface area contributed by atoms with Crippen molar-refractivity contribution in [3.8, 4) is 0 Å². The van der Waals surface area contributed by atoms with Crippen LogP contribution in [0.25, 0.3) is 0 Å². The lowest BCUT2D eigenvalue weighted by atomic mass is 9.58. The molecule has 0 heterocycles. The van der Waals surface area contributed by atoms with Crippen molar-refractivity contribution in [3.63, 3.8) is 0 Å². The van der Waals surface area contributed by atoms with Crippen LogP contribution in [0.5, 0.6) is 0 Å². The summed E-state index contributed by atoms with van der Waals surface area (Å²) in [7, 11) is -6.23. The Morgan fingerprint density at radius 1 is 1.17 bits per heavy atom. The maximum atomic E-state index is 12.6. The lowest BCUT2D eigenvalue weighted by Gasteiger charge is -2.56. The van der Waals surface area contributed by atoms with Crippen molar-refractivity contribution in [1.29, 1.82) is 0 Å². The molecule has 23 heavy (non-hydrogen) atoms. The van der Waals surface area contributed by atoms with Gasteiger partial charge in [0.2, 0.25) is 20.0 Å². The van der Waals surface area contributed by atoms with Crippen LogP contribution >= 0.6 is 0 Å². The normalized spacial score (nSPS) is 27.4. The minimum absolute atomic E-state index is 0.00574. The molecule has 1 aromatic rings. The van der Waals surface area contributed by atoms with Crippen LogP contribution in [-0.2, 0) is 24.8 Å². The monoisotopic (exact) mass is 362 g/mol. The molecule has 0 radical (unpaired) electrons. The zero-order valence-corrected chi connectivity index (χ0v) is 15.1. The minimum Gasteiger partial charge on any atom is -0.380 e. The molecule has 0 aliphatic heterocycles. The molecule has 1 aromatic carbocycles. The minimum atomic E-state index is -3.96. The van der Waals surface area contributed by atoms with Gasteiger partial charge in [-0.2, -0.15) is 0 Å². The van der Waals surface area contributed by atoms with Gasteiger partial charge in [0.1, 0.15) is 0 Å². The summed E-state index contributed by atoms with van der Waals surface area (Å²) >= 11 is 0. The number of rotatable bonds is 5. The summed E-state index contributed by atoms with van der Waals surface area (Å²) in [5.74, 6) is 0.00574. The number of hydrogen-bond acceptors (Lipinski definition) is 5. The fourth-order valence-electron chi connectivity index (χ4n) is 3.42. The largest absolute Gasteiger partial charge is 0.380 e. The van der Waals surface area contributed by atoms with Gasteiger partial charge in [-0.15, -0.1) is 0 Å². The molecule has 0 saturated heterocycles. The van der Waals surface area contributed by atoms with Gasteiger partial charge in [0.25, 0.3) is 0 Å². The Labute approximate surface area is 137 Å². The van der Waals surface area contributed by atoms with E-state index in [2.05, 4.69) is 4.72 Å². The van der Waals surface area contributed by atoms with Gasteiger partial charge in [0.15, 0.2) is 0 Å². The third-order valence-electron chi connectivity index (χ3n) is 4.52. The van der Waals surface area contributed by atoms with E-state index in [1.807, 2.05) is 20.8 Å². The maximum absolute atomic E-state index is 12.6. The van der Waals surface area contributed by atoms with Gasteiger partial charge in [-0.25, -0.2) is 26.7 Å². The highest BCUT2D eigenvalue weighted by molar-refractivity contribution is 7.90. The smallest absolute Gasteiger partial charge is 0.240 e. The molecule has 1 fully saturated rings. The van der Waals surface area contributed by atoms with Gasteiger partial charge in [0, 0.05) is 18.6 Å². The van der Waals surface area contributed by atoms with Crippen LogP contribution in [-0.4, -0.2) is 36.1 Å². The molecular weight excluding hydrogens is 340 g/mol. The first-order valence-corrected chi connectivity index (χ1v) is 10.1. The van der Waals surface area contributed by atoms with Crippen LogP contribution in [0.2, 0.25) is 0 Å². The highest BCUT2D eigenvalue weighted by Gasteiger charge is 2.55. The molecule has 9 heteroatoms. The molecule has 3 atom stereocenters. The van der Waals surface area contributed by atoms with E-state index < -0.39 is 20.0 Å². The summed E-state index contributed by atoms with van der Waals surface area (Å²) in [4.78, 5) is -0.371. The standard InChI is InChI=1S/C14H22N2O5S2/c1-9-12(14(2,3)13(9)21-4)16-23(19,20)11-7-5-6-10(8-11)22(15,17)18/h5-9,12-13,16H,1-4H3,(H2,15,17,18)/t9-,12+,13-/m1/s1. The zero-order valence-electron chi connectivity index (χ0n) is 13.5. The lowest BCUT2D eigenvalue weighted by molar-refractivity contribution is -0.138. The summed E-state index contributed by atoms with van der Waals surface area (Å²) in [6.07, 6.45) is -0.0500. The van der Waals surface area contributed by atoms with Gasteiger partial charge < -0.3 is 4.74 Å². The average molecular weight is 362 g/mol. The lowest BCUT2D eigenvalue weighted by Crippen LogP contribution is -2.67. The second kappa shape index (κ2) is 5.82. The summed E-state index contributed by atoms with van der Waals surface area (Å²) in [6, 6.07) is 4.69. The quantitative estimate of drug-likeness (QED) is 0.799. The van der Waals surface area contributed by atoms with E-state index in [1.165, 1.54) is 18.2 Å². The van der Waals surface area contributed by atoms with Crippen LogP contribution in [0.3, 0.4) is 0 Å². The average Bonchev–Trinajstić information content (AvgIpc) is 2.44. The Balaban J connectivity index is 2.31. The maximum Gasteiger partial charge on any atom is 0.240 e. The molecule has 0 amide bonds. The molecule has 0 bridgehead atoms. The number of primary sulfonamides is 1. The predicted octanol–water partition coefficient (Wildman–Crippen LogP) is 0.672. The van der Waals surface area contributed by atoms with E-state index >= 15 is 0 Å². The van der Waals surface area contributed by atoms with Crippen molar-refractivity contribution in [2.75, 3.05) is 7.11 Å². The Hall–Kier alpha value is -1.00. The van der Waals surface area contributed by atoms with Crippen LogP contribution in [0.4, 0.5) is 0 Å². The third-order valence-corrected chi connectivity index (χ3v) is 6.87. The molecule has 0 spiro atoms. The molecular formula is C14H22N2O5S2. The van der Waals surface area contributed by atoms with Crippen LogP contribution in [0, 0.1) is 11.3 Å². The summed E-state index contributed by atoms with van der Waals surface area (Å²) in [6.45, 7) is 5.76. The first-order valence-electron chi connectivity index (χ1n) is 7.09. The molecule has 3 N–H and O–H groups in total. The third kappa shape index (κ3) is 3.29. The second-order valence-electron chi connectivity index (χ2n) is 6.46. The predicted molar refractivity (Wildman–Crippen MR) is 85.7 cm³/mol. The summed E-state index contributed by atoms with van der Waals surface area (Å²) in [5, 5.41) is 5.05. The van der Waals surface area contributed by atoms with Gasteiger partial charge in [-0.3, -0.25) is 0 Å².